The van der Waals surface area contributed by atoms with E-state index in [0.29, 0.717) is 75.1 Å². The summed E-state index contributed by atoms with van der Waals surface area (Å²) in [7, 11) is -16.3. The number of carboxylic acid groups (broad SMARTS) is 2. The van der Waals surface area contributed by atoms with Crippen molar-refractivity contribution in [3.8, 4) is 0 Å². The molecule has 0 saturated carbocycles. The van der Waals surface area contributed by atoms with Crippen LogP contribution < -0.4 is 37.2 Å². The monoisotopic (exact) mass is 2150 g/mol. The Morgan fingerprint density at radius 1 is 0.420 bits per heavy atom. The summed E-state index contributed by atoms with van der Waals surface area (Å²) in [5.74, 6) is -12.8. The first-order chi connectivity index (χ1) is 67.4. The summed E-state index contributed by atoms with van der Waals surface area (Å²) in [4.78, 5) is 188. The molecule has 2 aliphatic rings. The number of anilines is 2. The predicted octanol–water partition coefficient (Wildman–Crippen LogP) is 10.3. The van der Waals surface area contributed by atoms with Crippen molar-refractivity contribution in [3.05, 3.63) is 253 Å². The molecule has 0 radical (unpaired) electrons. The fraction of sp³-hybridized carbons (Fsp3) is 0.412. The fourth-order valence-electron chi connectivity index (χ4n) is 12.6. The molecular formula is C85H111Cl2N11O40P5+. The number of rotatable bonds is 43. The molecule has 9 unspecified atom stereocenters. The van der Waals surface area contributed by atoms with Crippen molar-refractivity contribution in [1.82, 2.24) is 16.0 Å². The molecule has 0 bridgehead atoms. The zero-order chi connectivity index (χ0) is 107. The number of alkyl carbamates (subject to hydrolysis) is 3. The zero-order valence-corrected chi connectivity index (χ0v) is 83.2. The lowest BCUT2D eigenvalue weighted by Gasteiger charge is -2.29. The number of aliphatic hydroxyl groups excluding tert-OH is 4. The maximum Gasteiger partial charge on any atom is 0.505 e. The van der Waals surface area contributed by atoms with Gasteiger partial charge in [0, 0.05) is 81.5 Å². The number of carbonyl (C=O) groups is 8. The number of ether oxygens (including phenoxy) is 8. The van der Waals surface area contributed by atoms with Crippen molar-refractivity contribution in [2.45, 2.75) is 119 Å². The van der Waals surface area contributed by atoms with Gasteiger partial charge < -0.3 is 125 Å². The number of hydrogen-bond donors (Lipinski definition) is 16. The number of esters is 3. The van der Waals surface area contributed by atoms with Gasteiger partial charge in [-0.1, -0.05) is 152 Å². The highest BCUT2D eigenvalue weighted by Gasteiger charge is 2.40. The Labute approximate surface area is 827 Å². The summed E-state index contributed by atoms with van der Waals surface area (Å²) in [6, 6.07) is 34.4. The first-order valence-corrected chi connectivity index (χ1v) is 52.5. The van der Waals surface area contributed by atoms with Crippen LogP contribution in [-0.2, 0) is 105 Å². The molecule has 7 aromatic rings. The molecule has 0 aliphatic carbocycles. The number of amides is 3. The van der Waals surface area contributed by atoms with Crippen molar-refractivity contribution < 1.29 is 174 Å². The highest BCUT2D eigenvalue weighted by Crippen LogP contribution is 2.59. The number of aliphatic hydroxyl groups is 4. The molecule has 2 saturated heterocycles. The Bertz CT molecular complexity index is 5650. The number of nitrogens with one attached hydrogen (secondary N) is 3. The number of carboxylic acids is 2. The molecule has 0 aromatic heterocycles. The van der Waals surface area contributed by atoms with Gasteiger partial charge in [-0.25, -0.2) is 28.8 Å². The van der Waals surface area contributed by atoms with Gasteiger partial charge in [0.15, 0.2) is 29.5 Å². The van der Waals surface area contributed by atoms with Gasteiger partial charge >= 0.3 is 56.2 Å². The van der Waals surface area contributed by atoms with E-state index in [1.807, 2.05) is 32.0 Å². The molecule has 3 amide bonds. The second-order valence-corrected chi connectivity index (χ2v) is 42.1. The third-order valence-corrected chi connectivity index (χ3v) is 29.5. The van der Waals surface area contributed by atoms with Crippen LogP contribution in [0, 0.1) is 40.5 Å². The Morgan fingerprint density at radius 2 is 0.664 bits per heavy atom. The number of hydrogen-bond acceptors (Lipinski definition) is 37. The van der Waals surface area contributed by atoms with Crippen LogP contribution in [0.4, 0.5) is 48.5 Å². The standard InChI is InChI=1S/C24H30N3O10P.C20H22ClN2O9P.C15H22N3O8P.C13H16NO6P.C11H14ClN2O7P.C2H6/c1-35-22(28)19(25-24(30)37-16-17-5-3-2-4-6-17)9-14-38(33,34)23(29)18-7-8-20(21(15-18)27(31)32)26-10-12-36-13-11-26;1-31-18(24)16(22-20(26)32-12-13-5-3-2-4-6-13)9-10-33(29,30)19(25)14-7-8-15(21)17(11-14)23(27)28;16-11(14(19)20)3-8-27(24,25)15(21)10-1-2-12(13(9-10)18(22)23)17-4-6-26-7-5-17;1-19-12(15)11(7-8-21(17)18)14-13(16)20-9-10-5-3-2-4-6-10;12-7-2-1-6(5-9(7)14(18)19)11(17)22(20,21)4-3-8(13)10(15)16;1-2/h2-8,15,19,23,29H,9-14,16H2,1H3,(H,25,30)(H,33,34);2-8,11,16,19,25H,9-10,12H2,1H3,(H,22,26)(H,29,30);1-2,9,11,15,21H,3-8,16H2,(H,19,20)(H,24,25);2-6,11H,7-9H2,1H3,(H-,14,16,17,18);1-2,5,8,11,17H,3-4,13H2,(H,15,16)(H,20,21);1-2H3/p+1/t19-,23?;16-,19?;11-,15?;11-;8-,11?;/m00000./s1. The summed E-state index contributed by atoms with van der Waals surface area (Å²) in [5.41, 5.74) is 11.2. The quantitative estimate of drug-likeness (QED) is 0.00555. The minimum Gasteiger partial charge on any atom is -0.480 e. The van der Waals surface area contributed by atoms with Crippen molar-refractivity contribution in [3.63, 3.8) is 0 Å². The summed E-state index contributed by atoms with van der Waals surface area (Å²) in [5, 5.41) is 110. The van der Waals surface area contributed by atoms with Gasteiger partial charge in [0.2, 0.25) is 29.5 Å². The van der Waals surface area contributed by atoms with E-state index in [-0.39, 0.29) is 102 Å². The van der Waals surface area contributed by atoms with E-state index in [0.717, 1.165) is 56.2 Å². The number of nitrogens with zero attached hydrogens (tertiary/aromatic N) is 6. The zero-order valence-electron chi connectivity index (χ0n) is 77.2. The molecular weight excluding hydrogens is 2040 g/mol. The fourth-order valence-corrected chi connectivity index (χ4v) is 19.5. The molecule has 58 heteroatoms. The number of morpholine rings is 2. The highest BCUT2D eigenvalue weighted by atomic mass is 35.5. The summed E-state index contributed by atoms with van der Waals surface area (Å²) >= 11 is 11.3. The Kier molecular flexibility index (Phi) is 52.8. The van der Waals surface area contributed by atoms with E-state index in [1.165, 1.54) is 43.5 Å². The molecule has 143 heavy (non-hydrogen) atoms. The summed E-state index contributed by atoms with van der Waals surface area (Å²) in [6.07, 6.45) is -6.42. The van der Waals surface area contributed by atoms with Crippen molar-refractivity contribution in [2.24, 2.45) is 11.5 Å². The summed E-state index contributed by atoms with van der Waals surface area (Å²) in [6.45, 7) is 7.43. The normalized spacial score (nSPS) is 15.7. The lowest BCUT2D eigenvalue weighted by atomic mass is 10.1. The third-order valence-electron chi connectivity index (χ3n) is 20.4. The molecule has 7 aromatic carbocycles. The minimum atomic E-state index is -4.41. The number of nitro groups is 4. The van der Waals surface area contributed by atoms with Gasteiger partial charge in [0.05, 0.1) is 67.5 Å². The Hall–Kier alpha value is -12.0. The number of halogens is 2. The number of nitro benzene ring substituents is 4. The SMILES string of the molecule is CC.COC(=O)[C@H](CCP(=O)(O)C(O)c1ccc(Cl)c([N+](=O)[O-])c1)NC(=O)OCc1ccccc1.COC(=O)[C@H](CCP(=O)(O)C(O)c1ccc(N2CCOCC2)c([N+](=O)[O-])c1)NC(=O)OCc1ccccc1.COC(=O)[C@H](CC[P+](=O)O)NC(=O)OCc1ccccc1.N[C@@H](CCP(=O)(O)C(O)c1ccc(Cl)c([N+](=O)[O-])c1)C(=O)O.N[C@@H](CCP(=O)(O)C(O)c1ccc(N2CCOCC2)c([N+](=O)[O-])c1)C(=O)O. The van der Waals surface area contributed by atoms with E-state index in [4.69, 9.17) is 73.5 Å². The number of carbonyl (C=O) groups excluding carboxylic acids is 6. The van der Waals surface area contributed by atoms with Crippen molar-refractivity contribution in [1.29, 1.82) is 0 Å². The van der Waals surface area contributed by atoms with Crippen LogP contribution in [0.5, 0.6) is 0 Å². The van der Waals surface area contributed by atoms with Gasteiger partial charge in [-0.2, -0.15) is 4.89 Å². The largest absolute Gasteiger partial charge is 0.505 e. The smallest absolute Gasteiger partial charge is 0.480 e. The molecule has 51 nitrogen and oxygen atoms in total. The second kappa shape index (κ2) is 61.2. The van der Waals surface area contributed by atoms with Gasteiger partial charge in [0.1, 0.15) is 71.4 Å². The van der Waals surface area contributed by atoms with Crippen LogP contribution in [0.3, 0.4) is 0 Å². The van der Waals surface area contributed by atoms with E-state index in [1.54, 1.807) is 82.6 Å². The summed E-state index contributed by atoms with van der Waals surface area (Å²) < 4.78 is 100. The molecule has 2 aliphatic heterocycles. The highest BCUT2D eigenvalue weighted by molar-refractivity contribution is 7.59. The lowest BCUT2D eigenvalue weighted by Crippen LogP contribution is -2.42. The van der Waals surface area contributed by atoms with E-state index >= 15 is 0 Å². The molecule has 9 rings (SSSR count). The van der Waals surface area contributed by atoms with Crippen LogP contribution >= 0.6 is 60.7 Å². The molecule has 2 heterocycles. The number of methoxy groups -OCH3 is 3. The number of benzene rings is 7. The van der Waals surface area contributed by atoms with E-state index < -0.39 is 195 Å². The van der Waals surface area contributed by atoms with Gasteiger partial charge in [0.25, 0.3) is 22.7 Å². The molecule has 784 valence electrons. The molecule has 18 N–H and O–H groups in total. The van der Waals surface area contributed by atoms with Gasteiger partial charge in [-0.3, -0.25) is 68.3 Å². The first kappa shape index (κ1) is 123. The van der Waals surface area contributed by atoms with Crippen LogP contribution in [0.2, 0.25) is 10.0 Å². The molecule has 2 fully saturated rings. The Balaban J connectivity index is 0.000000377. The Morgan fingerprint density at radius 3 is 0.909 bits per heavy atom. The average Bonchev–Trinajstić information content (AvgIpc) is 0.801. The van der Waals surface area contributed by atoms with Gasteiger partial charge in [-0.05, 0) is 93.5 Å². The topological polar surface area (TPSA) is 785 Å². The van der Waals surface area contributed by atoms with Crippen molar-refractivity contribution in [2.75, 3.05) is 115 Å². The third kappa shape index (κ3) is 41.7. The van der Waals surface area contributed by atoms with Crippen LogP contribution in [-0.4, -0.2) is 258 Å². The molecule has 0 spiro atoms. The first-order valence-electron chi connectivity index (χ1n) is 42.7. The average molecular weight is 2150 g/mol. The van der Waals surface area contributed by atoms with Gasteiger partial charge in [-0.15, -0.1) is 0 Å². The number of nitrogens with two attached hydrogens (primary N) is 2. The second-order valence-electron chi connectivity index (χ2n) is 30.3. The van der Waals surface area contributed by atoms with Crippen molar-refractivity contribution >= 4 is 143 Å². The van der Waals surface area contributed by atoms with E-state index in [2.05, 4.69) is 30.2 Å². The maximum atomic E-state index is 13.0. The van der Waals surface area contributed by atoms with E-state index in [9.17, 15) is 142 Å². The van der Waals surface area contributed by atoms with Crippen LogP contribution in [0.15, 0.2) is 164 Å². The predicted molar refractivity (Wildman–Crippen MR) is 514 cm³/mol. The molecule has 14 atom stereocenters. The van der Waals surface area contributed by atoms with Crippen LogP contribution in [0.1, 0.15) is 108 Å². The maximum absolute atomic E-state index is 13.0. The number of aliphatic carboxylic acids is 2. The van der Waals surface area contributed by atoms with Crippen LogP contribution in [0.25, 0.3) is 0 Å². The minimum absolute atomic E-state index is 0.00118. The lowest BCUT2D eigenvalue weighted by molar-refractivity contribution is -0.384.